The van der Waals surface area contributed by atoms with Gasteiger partial charge in [-0.15, -0.1) is 11.8 Å². The zero-order valence-electron chi connectivity index (χ0n) is 9.24. The zero-order valence-corrected chi connectivity index (χ0v) is 10.9. The van der Waals surface area contributed by atoms with E-state index in [0.717, 1.165) is 0 Å². The van der Waals surface area contributed by atoms with Gasteiger partial charge < -0.3 is 10.4 Å². The molecule has 102 valence electrons. The number of thioether (sulfide) groups is 1. The Morgan fingerprint density at radius 3 is 2.83 bits per heavy atom. The second kappa shape index (κ2) is 7.01. The molecule has 0 fully saturated rings. The summed E-state index contributed by atoms with van der Waals surface area (Å²) in [4.78, 5) is 11.2. The summed E-state index contributed by atoms with van der Waals surface area (Å²) in [5, 5.41) is 15.5. The van der Waals surface area contributed by atoms with Crippen LogP contribution in [0.15, 0.2) is 16.8 Å². The van der Waals surface area contributed by atoms with Crippen molar-refractivity contribution in [3.05, 3.63) is 22.4 Å². The van der Waals surface area contributed by atoms with Gasteiger partial charge >= 0.3 is 6.18 Å². The molecule has 1 amide bonds. The highest BCUT2D eigenvalue weighted by atomic mass is 32.2. The Hall–Kier alpha value is -0.730. The molecule has 18 heavy (non-hydrogen) atoms. The molecule has 1 aromatic heterocycles. The first-order chi connectivity index (χ1) is 8.38. The molecule has 1 unspecified atom stereocenters. The van der Waals surface area contributed by atoms with Crippen molar-refractivity contribution in [2.75, 3.05) is 18.1 Å². The average molecular weight is 299 g/mol. The molecule has 3 nitrogen and oxygen atoms in total. The summed E-state index contributed by atoms with van der Waals surface area (Å²) in [6.45, 7) is 0.00213. The zero-order chi connectivity index (χ0) is 13.6. The molecular formula is C10H12F3NO2S2. The van der Waals surface area contributed by atoms with E-state index in [1.807, 2.05) is 0 Å². The van der Waals surface area contributed by atoms with Crippen molar-refractivity contribution in [2.45, 2.75) is 12.3 Å². The molecule has 8 heteroatoms. The summed E-state index contributed by atoms with van der Waals surface area (Å²) in [6.07, 6.45) is -5.09. The van der Waals surface area contributed by atoms with E-state index in [-0.39, 0.29) is 12.3 Å². The molecule has 0 radical (unpaired) electrons. The summed E-state index contributed by atoms with van der Waals surface area (Å²) in [6, 6.07) is 1.72. The number of hydrogen-bond acceptors (Lipinski definition) is 4. The van der Waals surface area contributed by atoms with Gasteiger partial charge in [0, 0.05) is 6.54 Å². The maximum atomic E-state index is 11.8. The minimum atomic E-state index is -4.26. The van der Waals surface area contributed by atoms with E-state index < -0.39 is 23.9 Å². The standard InChI is InChI=1S/C10H12F3NO2S2/c11-10(12,13)6-18-5-9(16)14-3-8(15)7-1-2-17-4-7/h1-2,4,8,15H,3,5-6H2,(H,14,16). The van der Waals surface area contributed by atoms with Crippen molar-refractivity contribution in [2.24, 2.45) is 0 Å². The summed E-state index contributed by atoms with van der Waals surface area (Å²) < 4.78 is 35.4. The highest BCUT2D eigenvalue weighted by Gasteiger charge is 2.27. The SMILES string of the molecule is O=C(CSCC(F)(F)F)NCC(O)c1ccsc1. The van der Waals surface area contributed by atoms with Crippen molar-refractivity contribution in [1.82, 2.24) is 5.32 Å². The van der Waals surface area contributed by atoms with Crippen molar-refractivity contribution in [1.29, 1.82) is 0 Å². The molecule has 1 rings (SSSR count). The molecule has 0 saturated heterocycles. The molecule has 0 aromatic carbocycles. The predicted molar refractivity (Wildman–Crippen MR) is 65.7 cm³/mol. The van der Waals surface area contributed by atoms with E-state index in [1.54, 1.807) is 16.8 Å². The Kier molecular flexibility index (Phi) is 5.97. The number of nitrogens with one attached hydrogen (secondary N) is 1. The number of aliphatic hydroxyl groups excluding tert-OH is 1. The van der Waals surface area contributed by atoms with Gasteiger partial charge in [0.05, 0.1) is 17.6 Å². The largest absolute Gasteiger partial charge is 0.397 e. The third-order valence-electron chi connectivity index (χ3n) is 1.92. The normalized spacial score (nSPS) is 13.3. The van der Waals surface area contributed by atoms with Gasteiger partial charge in [0.25, 0.3) is 0 Å². The van der Waals surface area contributed by atoms with Gasteiger partial charge in [0.1, 0.15) is 0 Å². The first-order valence-electron chi connectivity index (χ1n) is 5.00. The van der Waals surface area contributed by atoms with Crippen LogP contribution in [0.3, 0.4) is 0 Å². The highest BCUT2D eigenvalue weighted by Crippen LogP contribution is 2.20. The molecular weight excluding hydrogens is 287 g/mol. The number of carbonyl (C=O) groups is 1. The fourth-order valence-electron chi connectivity index (χ4n) is 1.10. The van der Waals surface area contributed by atoms with Crippen LogP contribution in [0.5, 0.6) is 0 Å². The fourth-order valence-corrected chi connectivity index (χ4v) is 2.43. The van der Waals surface area contributed by atoms with Crippen LogP contribution in [0, 0.1) is 0 Å². The predicted octanol–water partition coefficient (Wildman–Crippen LogP) is 2.19. The lowest BCUT2D eigenvalue weighted by Crippen LogP contribution is -2.30. The quantitative estimate of drug-likeness (QED) is 0.846. The van der Waals surface area contributed by atoms with E-state index in [4.69, 9.17) is 0 Å². The number of amides is 1. The van der Waals surface area contributed by atoms with E-state index in [0.29, 0.717) is 17.3 Å². The fraction of sp³-hybridized carbons (Fsp3) is 0.500. The highest BCUT2D eigenvalue weighted by molar-refractivity contribution is 8.00. The Bertz CT molecular complexity index is 368. The van der Waals surface area contributed by atoms with Crippen LogP contribution in [-0.2, 0) is 4.79 Å². The number of rotatable bonds is 6. The molecule has 0 spiro atoms. The van der Waals surface area contributed by atoms with Crippen molar-refractivity contribution >= 4 is 29.0 Å². The number of alkyl halides is 3. The Morgan fingerprint density at radius 2 is 2.28 bits per heavy atom. The second-order valence-corrected chi connectivity index (χ2v) is 5.25. The van der Waals surface area contributed by atoms with Gasteiger partial charge in [-0.25, -0.2) is 0 Å². The number of halogens is 3. The van der Waals surface area contributed by atoms with Gasteiger partial charge in [-0.05, 0) is 22.4 Å². The molecule has 0 aliphatic carbocycles. The summed E-state index contributed by atoms with van der Waals surface area (Å²) in [5.74, 6) is -1.83. The van der Waals surface area contributed by atoms with Gasteiger partial charge in [-0.3, -0.25) is 4.79 Å². The Balaban J connectivity index is 2.17. The van der Waals surface area contributed by atoms with Gasteiger partial charge in [-0.2, -0.15) is 24.5 Å². The van der Waals surface area contributed by atoms with E-state index in [2.05, 4.69) is 5.32 Å². The van der Waals surface area contributed by atoms with Crippen LogP contribution >= 0.6 is 23.1 Å². The summed E-state index contributed by atoms with van der Waals surface area (Å²) in [5.41, 5.74) is 0.684. The number of thiophene rings is 1. The molecule has 1 atom stereocenters. The van der Waals surface area contributed by atoms with Crippen LogP contribution in [0.2, 0.25) is 0 Å². The first kappa shape index (κ1) is 15.3. The molecule has 0 saturated carbocycles. The van der Waals surface area contributed by atoms with E-state index >= 15 is 0 Å². The van der Waals surface area contributed by atoms with Crippen molar-refractivity contribution < 1.29 is 23.1 Å². The number of aliphatic hydroxyl groups is 1. The number of carbonyl (C=O) groups excluding carboxylic acids is 1. The van der Waals surface area contributed by atoms with E-state index in [1.165, 1.54) is 11.3 Å². The second-order valence-electron chi connectivity index (χ2n) is 3.48. The maximum Gasteiger partial charge on any atom is 0.397 e. The third kappa shape index (κ3) is 6.27. The molecule has 0 aliphatic heterocycles. The third-order valence-corrected chi connectivity index (χ3v) is 3.62. The lowest BCUT2D eigenvalue weighted by atomic mass is 10.2. The summed E-state index contributed by atoms with van der Waals surface area (Å²) >= 11 is 1.92. The summed E-state index contributed by atoms with van der Waals surface area (Å²) in [7, 11) is 0. The topological polar surface area (TPSA) is 49.3 Å². The van der Waals surface area contributed by atoms with E-state index in [9.17, 15) is 23.1 Å². The van der Waals surface area contributed by atoms with Crippen LogP contribution in [0.1, 0.15) is 11.7 Å². The van der Waals surface area contributed by atoms with Crippen LogP contribution in [-0.4, -0.2) is 35.2 Å². The van der Waals surface area contributed by atoms with Crippen molar-refractivity contribution in [3.8, 4) is 0 Å². The minimum absolute atomic E-state index is 0.00213. The van der Waals surface area contributed by atoms with Crippen molar-refractivity contribution in [3.63, 3.8) is 0 Å². The lowest BCUT2D eigenvalue weighted by Gasteiger charge is -2.10. The Morgan fingerprint density at radius 1 is 1.56 bits per heavy atom. The van der Waals surface area contributed by atoms with Gasteiger partial charge in [0.15, 0.2) is 0 Å². The number of hydrogen-bond donors (Lipinski definition) is 2. The molecule has 0 aliphatic rings. The Labute approximate surface area is 110 Å². The maximum absolute atomic E-state index is 11.8. The lowest BCUT2D eigenvalue weighted by molar-refractivity contribution is -0.119. The molecule has 1 heterocycles. The van der Waals surface area contributed by atoms with Crippen LogP contribution in [0.4, 0.5) is 13.2 Å². The van der Waals surface area contributed by atoms with Crippen LogP contribution < -0.4 is 5.32 Å². The van der Waals surface area contributed by atoms with Gasteiger partial charge in [0.2, 0.25) is 5.91 Å². The molecule has 0 bridgehead atoms. The monoisotopic (exact) mass is 299 g/mol. The first-order valence-corrected chi connectivity index (χ1v) is 7.09. The van der Waals surface area contributed by atoms with Crippen LogP contribution in [0.25, 0.3) is 0 Å². The molecule has 2 N–H and O–H groups in total. The molecule has 1 aromatic rings. The smallest absolute Gasteiger partial charge is 0.387 e. The average Bonchev–Trinajstić information content (AvgIpc) is 2.77. The van der Waals surface area contributed by atoms with Gasteiger partial charge in [-0.1, -0.05) is 0 Å². The minimum Gasteiger partial charge on any atom is -0.387 e.